The lowest BCUT2D eigenvalue weighted by Gasteiger charge is -2.29. The van der Waals surface area contributed by atoms with Gasteiger partial charge in [-0.1, -0.05) is 0 Å². The van der Waals surface area contributed by atoms with Gasteiger partial charge in [-0.3, -0.25) is 9.36 Å². The Morgan fingerprint density at radius 3 is 2.44 bits per heavy atom. The molecule has 0 bridgehead atoms. The molecule has 1 rings (SSSR count). The van der Waals surface area contributed by atoms with Crippen LogP contribution in [0.2, 0.25) is 0 Å². The number of hydrogen-bond donors (Lipinski definition) is 0. The van der Waals surface area contributed by atoms with Crippen LogP contribution in [0, 0.1) is 0 Å². The lowest BCUT2D eigenvalue weighted by Crippen LogP contribution is -2.43. The predicted octanol–water partition coefficient (Wildman–Crippen LogP) is 0.984. The van der Waals surface area contributed by atoms with Crippen LogP contribution in [-0.2, 0) is 27.9 Å². The Hall–Kier alpha value is -0.910. The minimum atomic E-state index is -3.73. The molecule has 0 N–H and O–H groups in total. The van der Waals surface area contributed by atoms with Gasteiger partial charge < -0.3 is 18.7 Å². The Morgan fingerprint density at radius 2 is 2.06 bits per heavy atom. The largest absolute Gasteiger partial charge is 0.464 e. The molecule has 1 fully saturated rings. The summed E-state index contributed by atoms with van der Waals surface area (Å²) in [5.74, 6) is -2.33. The highest BCUT2D eigenvalue weighted by Crippen LogP contribution is 2.53. The van der Waals surface area contributed by atoms with Crippen molar-refractivity contribution in [3.63, 3.8) is 0 Å². The van der Waals surface area contributed by atoms with Crippen LogP contribution < -0.4 is 0 Å². The highest BCUT2D eigenvalue weighted by atomic mass is 31.2. The number of ether oxygens (including phenoxy) is 1. The smallest absolute Gasteiger partial charge is 0.364 e. The van der Waals surface area contributed by atoms with Crippen LogP contribution in [0.25, 0.3) is 0 Å². The summed E-state index contributed by atoms with van der Waals surface area (Å²) in [6, 6.07) is 0. The fraction of sp³-hybridized carbons (Fsp3) is 0.800. The van der Waals surface area contributed by atoms with Crippen LogP contribution in [0.4, 0.5) is 0 Å². The molecule has 0 aromatic heterocycles. The van der Waals surface area contributed by atoms with E-state index in [0.29, 0.717) is 19.4 Å². The molecule has 1 atom stereocenters. The molecule has 0 aromatic carbocycles. The van der Waals surface area contributed by atoms with Crippen LogP contribution in [0.5, 0.6) is 0 Å². The molecule has 0 aromatic rings. The molecule has 0 spiro atoms. The fourth-order valence-corrected chi connectivity index (χ4v) is 3.31. The van der Waals surface area contributed by atoms with E-state index < -0.39 is 19.3 Å². The van der Waals surface area contributed by atoms with Gasteiger partial charge in [-0.25, -0.2) is 4.79 Å². The van der Waals surface area contributed by atoms with Crippen molar-refractivity contribution in [1.29, 1.82) is 0 Å². The maximum absolute atomic E-state index is 12.4. The number of likely N-dealkylation sites (tertiary alicyclic amines) is 1. The Bertz CT molecular complexity index is 363. The minimum Gasteiger partial charge on any atom is -0.464 e. The summed E-state index contributed by atoms with van der Waals surface area (Å²) in [7, 11) is -1.38. The number of rotatable bonds is 6. The molecule has 8 heteroatoms. The molecule has 1 amide bonds. The lowest BCUT2D eigenvalue weighted by molar-refractivity contribution is -0.150. The van der Waals surface area contributed by atoms with E-state index in [1.165, 1.54) is 19.1 Å². The van der Waals surface area contributed by atoms with Crippen LogP contribution >= 0.6 is 7.60 Å². The third-order valence-electron chi connectivity index (χ3n) is 2.71. The quantitative estimate of drug-likeness (QED) is 0.532. The van der Waals surface area contributed by atoms with Gasteiger partial charge in [-0.2, -0.15) is 0 Å². The van der Waals surface area contributed by atoms with E-state index >= 15 is 0 Å². The van der Waals surface area contributed by atoms with Gasteiger partial charge in [0.15, 0.2) is 0 Å². The van der Waals surface area contributed by atoms with Gasteiger partial charge in [0, 0.05) is 27.2 Å². The molecule has 1 unspecified atom stereocenters. The van der Waals surface area contributed by atoms with Gasteiger partial charge in [0.05, 0.1) is 6.61 Å². The second-order valence-corrected chi connectivity index (χ2v) is 6.02. The molecule has 1 aliphatic heterocycles. The third kappa shape index (κ3) is 2.91. The van der Waals surface area contributed by atoms with Crippen molar-refractivity contribution in [2.75, 3.05) is 27.4 Å². The standard InChI is InChI=1S/C10H18NO6P/c1-4-17-10(13)9(18(14,15-2)16-3)11-7-5-6-8(11)12/h9H,4-7H2,1-3H3. The van der Waals surface area contributed by atoms with Crippen molar-refractivity contribution in [3.8, 4) is 0 Å². The van der Waals surface area contributed by atoms with E-state index in [1.54, 1.807) is 6.92 Å². The summed E-state index contributed by atoms with van der Waals surface area (Å²) in [4.78, 5) is 24.8. The number of carbonyl (C=O) groups is 2. The molecular weight excluding hydrogens is 261 g/mol. The summed E-state index contributed by atoms with van der Waals surface area (Å²) in [5, 5.41) is 0. The van der Waals surface area contributed by atoms with E-state index in [2.05, 4.69) is 0 Å². The highest BCUT2D eigenvalue weighted by Gasteiger charge is 2.48. The van der Waals surface area contributed by atoms with Crippen molar-refractivity contribution < 1.29 is 27.9 Å². The van der Waals surface area contributed by atoms with Gasteiger partial charge in [-0.05, 0) is 13.3 Å². The normalized spacial score (nSPS) is 17.9. The SMILES string of the molecule is CCOC(=O)C(N1CCCC1=O)P(=O)(OC)OC. The number of esters is 1. The van der Waals surface area contributed by atoms with E-state index in [9.17, 15) is 14.2 Å². The number of amides is 1. The molecule has 1 heterocycles. The summed E-state index contributed by atoms with van der Waals surface area (Å²) in [5.41, 5.74) is 0. The molecule has 104 valence electrons. The predicted molar refractivity (Wildman–Crippen MR) is 63.0 cm³/mol. The molecule has 0 aliphatic carbocycles. The zero-order valence-electron chi connectivity index (χ0n) is 10.7. The Labute approximate surface area is 106 Å². The topological polar surface area (TPSA) is 82.1 Å². The van der Waals surface area contributed by atoms with Gasteiger partial charge in [-0.15, -0.1) is 0 Å². The first kappa shape index (κ1) is 15.1. The minimum absolute atomic E-state index is 0.130. The fourth-order valence-electron chi connectivity index (χ4n) is 1.85. The van der Waals surface area contributed by atoms with Crippen molar-refractivity contribution in [3.05, 3.63) is 0 Å². The first-order valence-electron chi connectivity index (χ1n) is 5.67. The van der Waals surface area contributed by atoms with Crippen LogP contribution in [0.3, 0.4) is 0 Å². The maximum atomic E-state index is 12.4. The average molecular weight is 279 g/mol. The summed E-state index contributed by atoms with van der Waals surface area (Å²) in [6.07, 6.45) is 0.936. The molecule has 1 saturated heterocycles. The Morgan fingerprint density at radius 1 is 1.44 bits per heavy atom. The molecule has 0 saturated carbocycles. The Kier molecular flexibility index (Phi) is 5.31. The van der Waals surface area contributed by atoms with Gasteiger partial charge >= 0.3 is 13.6 Å². The molecular formula is C10H18NO6P. The Balaban J connectivity index is 3.05. The van der Waals surface area contributed by atoms with Gasteiger partial charge in [0.25, 0.3) is 0 Å². The number of carbonyl (C=O) groups excluding carboxylic acids is 2. The van der Waals surface area contributed by atoms with Crippen molar-refractivity contribution in [2.24, 2.45) is 0 Å². The second-order valence-electron chi connectivity index (χ2n) is 3.72. The zero-order chi connectivity index (χ0) is 13.8. The molecule has 18 heavy (non-hydrogen) atoms. The first-order chi connectivity index (χ1) is 8.50. The van der Waals surface area contributed by atoms with Crippen LogP contribution in [-0.4, -0.2) is 49.9 Å². The van der Waals surface area contributed by atoms with Gasteiger partial charge in [0.1, 0.15) is 0 Å². The summed E-state index contributed by atoms with van der Waals surface area (Å²) in [6.45, 7) is 2.11. The van der Waals surface area contributed by atoms with Gasteiger partial charge in [0.2, 0.25) is 11.7 Å². The van der Waals surface area contributed by atoms with Crippen molar-refractivity contribution >= 4 is 19.5 Å². The van der Waals surface area contributed by atoms with Crippen molar-refractivity contribution in [2.45, 2.75) is 25.5 Å². The van der Waals surface area contributed by atoms with Crippen LogP contribution in [0.15, 0.2) is 0 Å². The first-order valence-corrected chi connectivity index (χ1v) is 7.28. The molecule has 0 radical (unpaired) electrons. The lowest BCUT2D eigenvalue weighted by atomic mass is 10.4. The summed E-state index contributed by atoms with van der Waals surface area (Å²) < 4.78 is 26.8. The van der Waals surface area contributed by atoms with E-state index in [0.717, 1.165) is 0 Å². The zero-order valence-corrected chi connectivity index (χ0v) is 11.6. The molecule has 7 nitrogen and oxygen atoms in total. The summed E-state index contributed by atoms with van der Waals surface area (Å²) >= 11 is 0. The second kappa shape index (κ2) is 6.31. The van der Waals surface area contributed by atoms with Crippen LogP contribution in [0.1, 0.15) is 19.8 Å². The number of nitrogens with zero attached hydrogens (tertiary/aromatic N) is 1. The highest BCUT2D eigenvalue weighted by molar-refractivity contribution is 7.55. The average Bonchev–Trinajstić information content (AvgIpc) is 2.76. The van der Waals surface area contributed by atoms with Crippen molar-refractivity contribution in [1.82, 2.24) is 4.90 Å². The third-order valence-corrected chi connectivity index (χ3v) is 4.82. The van der Waals surface area contributed by atoms with E-state index in [-0.39, 0.29) is 12.5 Å². The van der Waals surface area contributed by atoms with E-state index in [1.807, 2.05) is 0 Å². The maximum Gasteiger partial charge on any atom is 0.364 e. The molecule has 1 aliphatic rings. The van der Waals surface area contributed by atoms with E-state index in [4.69, 9.17) is 13.8 Å². The number of hydrogen-bond acceptors (Lipinski definition) is 6. The monoisotopic (exact) mass is 279 g/mol.